The summed E-state index contributed by atoms with van der Waals surface area (Å²) in [4.78, 5) is 22.8. The first-order valence-electron chi connectivity index (χ1n) is 10.3. The van der Waals surface area contributed by atoms with Crippen LogP contribution in [-0.4, -0.2) is 75.1 Å². The smallest absolute Gasteiger partial charge is 0.259 e. The Bertz CT molecular complexity index is 830. The summed E-state index contributed by atoms with van der Waals surface area (Å²) in [6.07, 6.45) is 0. The number of likely N-dealkylation sites (N-methyl/N-ethyl adjacent to an activating group) is 1. The first-order chi connectivity index (χ1) is 14.6. The van der Waals surface area contributed by atoms with Gasteiger partial charge in [-0.05, 0) is 42.1 Å². The lowest BCUT2D eigenvalue weighted by Gasteiger charge is -2.37. The highest BCUT2D eigenvalue weighted by atomic mass is 32.1. The van der Waals surface area contributed by atoms with E-state index in [0.29, 0.717) is 12.3 Å². The monoisotopic (exact) mass is 429 g/mol. The maximum atomic E-state index is 11.7. The molecule has 3 rings (SSSR count). The predicted molar refractivity (Wildman–Crippen MR) is 124 cm³/mol. The van der Waals surface area contributed by atoms with E-state index >= 15 is 0 Å². The largest absolute Gasteiger partial charge is 0.484 e. The van der Waals surface area contributed by atoms with Gasteiger partial charge in [0.05, 0.1) is 11.5 Å². The molecule has 0 bridgehead atoms. The highest BCUT2D eigenvalue weighted by molar-refractivity contribution is 7.14. The Morgan fingerprint density at radius 2 is 2.00 bits per heavy atom. The molecule has 1 fully saturated rings. The van der Waals surface area contributed by atoms with Crippen LogP contribution in [0.15, 0.2) is 46.8 Å². The summed E-state index contributed by atoms with van der Waals surface area (Å²) < 4.78 is 5.62. The summed E-state index contributed by atoms with van der Waals surface area (Å²) in [5.41, 5.74) is 1.05. The Kier molecular flexibility index (Phi) is 7.96. The molecule has 0 aliphatic carbocycles. The van der Waals surface area contributed by atoms with Crippen molar-refractivity contribution in [2.24, 2.45) is 4.99 Å². The number of piperazine rings is 1. The second-order valence-corrected chi connectivity index (χ2v) is 8.25. The molecule has 1 aromatic heterocycles. The minimum absolute atomic E-state index is 0.0386. The molecule has 1 N–H and O–H groups in total. The Hall–Kier alpha value is -2.74. The molecule has 0 spiro atoms. The number of benzene rings is 1. The average molecular weight is 430 g/mol. The van der Waals surface area contributed by atoms with E-state index in [1.807, 2.05) is 24.3 Å². The molecule has 1 saturated heterocycles. The second-order valence-electron chi connectivity index (χ2n) is 7.32. The third-order valence-corrected chi connectivity index (χ3v) is 5.83. The summed E-state index contributed by atoms with van der Waals surface area (Å²) in [7, 11) is 3.44. The van der Waals surface area contributed by atoms with Crippen molar-refractivity contribution in [2.45, 2.75) is 13.5 Å². The SMILES string of the molecule is CCNC(=NCc1cccc(OCC(=O)N(C)C)c1)N1CCN(c2cccs2)CC1. The number of amides is 1. The summed E-state index contributed by atoms with van der Waals surface area (Å²) in [6.45, 7) is 7.40. The number of nitrogens with one attached hydrogen (secondary N) is 1. The zero-order chi connectivity index (χ0) is 21.3. The van der Waals surface area contributed by atoms with Gasteiger partial charge in [-0.3, -0.25) is 4.79 Å². The van der Waals surface area contributed by atoms with E-state index in [1.165, 1.54) is 9.90 Å². The van der Waals surface area contributed by atoms with Gasteiger partial charge in [-0.25, -0.2) is 4.99 Å². The van der Waals surface area contributed by atoms with Gasteiger partial charge in [-0.2, -0.15) is 0 Å². The van der Waals surface area contributed by atoms with E-state index in [9.17, 15) is 4.79 Å². The standard InChI is InChI=1S/C22H31N5O2S/c1-4-23-22(27-12-10-26(11-13-27)21-9-6-14-30-21)24-16-18-7-5-8-19(15-18)29-17-20(28)25(2)3/h5-9,14-15H,4,10-13,16-17H2,1-3H3,(H,23,24). The van der Waals surface area contributed by atoms with Crippen LogP contribution < -0.4 is 15.0 Å². The Balaban J connectivity index is 1.58. The second kappa shape index (κ2) is 10.9. The fourth-order valence-electron chi connectivity index (χ4n) is 3.19. The minimum Gasteiger partial charge on any atom is -0.484 e. The molecule has 0 unspecified atom stereocenters. The number of ether oxygens (including phenoxy) is 1. The highest BCUT2D eigenvalue weighted by Crippen LogP contribution is 2.22. The van der Waals surface area contributed by atoms with Gasteiger partial charge in [0.1, 0.15) is 5.75 Å². The molecule has 0 radical (unpaired) electrons. The van der Waals surface area contributed by atoms with Crippen molar-refractivity contribution in [3.05, 3.63) is 47.3 Å². The van der Waals surface area contributed by atoms with Gasteiger partial charge in [0, 0.05) is 46.8 Å². The van der Waals surface area contributed by atoms with Crippen LogP contribution in [0.2, 0.25) is 0 Å². The Morgan fingerprint density at radius 3 is 2.67 bits per heavy atom. The van der Waals surface area contributed by atoms with Crippen molar-refractivity contribution in [2.75, 3.05) is 58.3 Å². The molecule has 1 aliphatic heterocycles. The molecule has 1 aliphatic rings. The lowest BCUT2D eigenvalue weighted by atomic mass is 10.2. The number of hydrogen-bond donors (Lipinski definition) is 1. The van der Waals surface area contributed by atoms with Gasteiger partial charge in [0.25, 0.3) is 5.91 Å². The number of carbonyl (C=O) groups excluding carboxylic acids is 1. The number of aliphatic imine (C=N–C) groups is 1. The number of anilines is 1. The van der Waals surface area contributed by atoms with E-state index in [0.717, 1.165) is 44.2 Å². The molecule has 162 valence electrons. The molecule has 0 atom stereocenters. The summed E-state index contributed by atoms with van der Waals surface area (Å²) in [5.74, 6) is 1.57. The number of nitrogens with zero attached hydrogens (tertiary/aromatic N) is 4. The maximum absolute atomic E-state index is 11.7. The van der Waals surface area contributed by atoms with Crippen molar-refractivity contribution in [3.8, 4) is 5.75 Å². The molecular formula is C22H31N5O2S. The van der Waals surface area contributed by atoms with Crippen LogP contribution in [0.5, 0.6) is 5.75 Å². The lowest BCUT2D eigenvalue weighted by Crippen LogP contribution is -2.52. The molecule has 0 saturated carbocycles. The summed E-state index contributed by atoms with van der Waals surface area (Å²) in [6, 6.07) is 12.1. The number of carbonyl (C=O) groups is 1. The van der Waals surface area contributed by atoms with Crippen LogP contribution in [-0.2, 0) is 11.3 Å². The molecule has 7 nitrogen and oxygen atoms in total. The lowest BCUT2D eigenvalue weighted by molar-refractivity contribution is -0.130. The topological polar surface area (TPSA) is 60.4 Å². The van der Waals surface area contributed by atoms with Crippen LogP contribution in [0.25, 0.3) is 0 Å². The van der Waals surface area contributed by atoms with Crippen molar-refractivity contribution < 1.29 is 9.53 Å². The fraction of sp³-hybridized carbons (Fsp3) is 0.455. The van der Waals surface area contributed by atoms with Crippen LogP contribution >= 0.6 is 11.3 Å². The van der Waals surface area contributed by atoms with E-state index < -0.39 is 0 Å². The fourth-order valence-corrected chi connectivity index (χ4v) is 3.97. The van der Waals surface area contributed by atoms with Gasteiger partial charge in [0.15, 0.2) is 12.6 Å². The first kappa shape index (κ1) is 22.0. The third kappa shape index (κ3) is 6.13. The van der Waals surface area contributed by atoms with Gasteiger partial charge < -0.3 is 24.8 Å². The zero-order valence-electron chi connectivity index (χ0n) is 18.0. The van der Waals surface area contributed by atoms with Crippen molar-refractivity contribution >= 4 is 28.2 Å². The Morgan fingerprint density at radius 1 is 1.20 bits per heavy atom. The van der Waals surface area contributed by atoms with E-state index in [1.54, 1.807) is 25.4 Å². The third-order valence-electron chi connectivity index (χ3n) is 4.90. The van der Waals surface area contributed by atoms with Crippen LogP contribution in [0, 0.1) is 0 Å². The highest BCUT2D eigenvalue weighted by Gasteiger charge is 2.20. The number of rotatable bonds is 7. The number of thiophene rings is 1. The van der Waals surface area contributed by atoms with Crippen molar-refractivity contribution in [1.29, 1.82) is 0 Å². The Labute approximate surface area is 183 Å². The molecular weight excluding hydrogens is 398 g/mol. The predicted octanol–water partition coefficient (Wildman–Crippen LogP) is 2.50. The van der Waals surface area contributed by atoms with Gasteiger partial charge >= 0.3 is 0 Å². The van der Waals surface area contributed by atoms with Crippen molar-refractivity contribution in [3.63, 3.8) is 0 Å². The minimum atomic E-state index is -0.0606. The van der Waals surface area contributed by atoms with E-state index in [2.05, 4.69) is 39.6 Å². The molecule has 1 amide bonds. The van der Waals surface area contributed by atoms with Gasteiger partial charge in [0.2, 0.25) is 0 Å². The molecule has 2 aromatic rings. The molecule has 2 heterocycles. The summed E-state index contributed by atoms with van der Waals surface area (Å²) >= 11 is 1.79. The normalized spacial score (nSPS) is 14.6. The average Bonchev–Trinajstić information content (AvgIpc) is 3.30. The zero-order valence-corrected chi connectivity index (χ0v) is 18.8. The van der Waals surface area contributed by atoms with Crippen molar-refractivity contribution in [1.82, 2.24) is 15.1 Å². The molecule has 1 aromatic carbocycles. The molecule has 8 heteroatoms. The van der Waals surface area contributed by atoms with Crippen LogP contribution in [0.4, 0.5) is 5.00 Å². The molecule has 30 heavy (non-hydrogen) atoms. The summed E-state index contributed by atoms with van der Waals surface area (Å²) in [5, 5.41) is 6.88. The van der Waals surface area contributed by atoms with E-state index in [-0.39, 0.29) is 12.5 Å². The van der Waals surface area contributed by atoms with E-state index in [4.69, 9.17) is 9.73 Å². The maximum Gasteiger partial charge on any atom is 0.259 e. The van der Waals surface area contributed by atoms with Gasteiger partial charge in [-0.15, -0.1) is 11.3 Å². The van der Waals surface area contributed by atoms with Crippen LogP contribution in [0.3, 0.4) is 0 Å². The number of hydrogen-bond acceptors (Lipinski definition) is 5. The quantitative estimate of drug-likeness (QED) is 0.541. The van der Waals surface area contributed by atoms with Crippen LogP contribution in [0.1, 0.15) is 12.5 Å². The van der Waals surface area contributed by atoms with Gasteiger partial charge in [-0.1, -0.05) is 12.1 Å². The first-order valence-corrected chi connectivity index (χ1v) is 11.2. The number of guanidine groups is 1.